The molecule has 1 N–H and O–H groups in total. The molecule has 0 saturated carbocycles. The number of ether oxygens (including phenoxy) is 1. The lowest BCUT2D eigenvalue weighted by Gasteiger charge is -2.07. The van der Waals surface area contributed by atoms with Crippen LogP contribution >= 0.6 is 10.5 Å². The molecular formula is C14H17NO2S. The van der Waals surface area contributed by atoms with Crippen molar-refractivity contribution in [3.05, 3.63) is 46.5 Å². The Morgan fingerprint density at radius 2 is 2.00 bits per heavy atom. The van der Waals surface area contributed by atoms with Gasteiger partial charge in [-0.25, -0.2) is 0 Å². The average molecular weight is 263 g/mol. The lowest BCUT2D eigenvalue weighted by Crippen LogP contribution is -2.09. The van der Waals surface area contributed by atoms with Crippen LogP contribution in [0.3, 0.4) is 0 Å². The molecule has 0 saturated heterocycles. The number of allylic oxidation sites excluding steroid dienone is 2. The molecule has 1 aliphatic heterocycles. The van der Waals surface area contributed by atoms with E-state index in [1.807, 2.05) is 42.7 Å². The van der Waals surface area contributed by atoms with Gasteiger partial charge in [0, 0.05) is 11.2 Å². The van der Waals surface area contributed by atoms with Crippen molar-refractivity contribution in [3.8, 4) is 0 Å². The minimum atomic E-state index is -0.144. The van der Waals surface area contributed by atoms with E-state index in [0.29, 0.717) is 12.4 Å². The van der Waals surface area contributed by atoms with Gasteiger partial charge in [-0.1, -0.05) is 30.3 Å². The molecule has 0 radical (unpaired) electrons. The van der Waals surface area contributed by atoms with Crippen LogP contribution in [0.15, 0.2) is 40.9 Å². The van der Waals surface area contributed by atoms with Gasteiger partial charge in [0.25, 0.3) is 0 Å². The summed E-state index contributed by atoms with van der Waals surface area (Å²) in [4.78, 5) is 13.0. The van der Waals surface area contributed by atoms with Crippen molar-refractivity contribution in [2.75, 3.05) is 5.75 Å². The summed E-state index contributed by atoms with van der Waals surface area (Å²) in [5.41, 5.74) is 4.15. The fourth-order valence-corrected chi connectivity index (χ4v) is 3.19. The van der Waals surface area contributed by atoms with E-state index in [1.165, 1.54) is 4.91 Å². The molecule has 0 aliphatic carbocycles. The summed E-state index contributed by atoms with van der Waals surface area (Å²) in [7, 11) is -0.121. The summed E-state index contributed by atoms with van der Waals surface area (Å²) >= 11 is 0. The first kappa shape index (κ1) is 12.9. The van der Waals surface area contributed by atoms with E-state index in [9.17, 15) is 4.79 Å². The monoisotopic (exact) mass is 263 g/mol. The number of nitrogens with one attached hydrogen (secondary N) is 1. The van der Waals surface area contributed by atoms with Crippen LogP contribution in [0.5, 0.6) is 0 Å². The van der Waals surface area contributed by atoms with E-state index in [2.05, 4.69) is 12.2 Å². The zero-order valence-electron chi connectivity index (χ0n) is 10.6. The second kappa shape index (κ2) is 5.87. The predicted octanol–water partition coefficient (Wildman–Crippen LogP) is 2.61. The maximum Gasteiger partial charge on any atom is 0.316 e. The number of esters is 1. The Hall–Kier alpha value is -1.55. The minimum Gasteiger partial charge on any atom is -0.460 e. The molecule has 0 spiro atoms. The molecule has 2 rings (SSSR count). The Bertz CT molecular complexity index is 506. The minimum absolute atomic E-state index is 0.121. The molecule has 1 heterocycles. The molecule has 1 atom stereocenters. The summed E-state index contributed by atoms with van der Waals surface area (Å²) in [6, 6.07) is 9.73. The number of hydrogen-bond donors (Lipinski definition) is 1. The Labute approximate surface area is 110 Å². The predicted molar refractivity (Wildman–Crippen MR) is 76.3 cm³/mol. The zero-order chi connectivity index (χ0) is 13.0. The van der Waals surface area contributed by atoms with E-state index in [-0.39, 0.29) is 16.5 Å². The second-order valence-corrected chi connectivity index (χ2v) is 6.16. The number of carbonyl (C=O) groups is 1. The Balaban J connectivity index is 1.84. The smallest absolute Gasteiger partial charge is 0.316 e. The van der Waals surface area contributed by atoms with Crippen molar-refractivity contribution in [3.63, 3.8) is 0 Å². The highest BCUT2D eigenvalue weighted by Gasteiger charge is 2.13. The number of carbonyl (C=O) groups excluding carboxylic acids is 1. The van der Waals surface area contributed by atoms with Gasteiger partial charge in [-0.05, 0) is 24.3 Å². The van der Waals surface area contributed by atoms with Gasteiger partial charge in [0.05, 0.1) is 5.75 Å². The van der Waals surface area contributed by atoms with Crippen molar-refractivity contribution in [2.24, 2.45) is 0 Å². The summed E-state index contributed by atoms with van der Waals surface area (Å²) in [5.74, 6) is 0.289. The highest BCUT2D eigenvalue weighted by Crippen LogP contribution is 2.29. The van der Waals surface area contributed by atoms with E-state index < -0.39 is 0 Å². The Morgan fingerprint density at radius 3 is 2.61 bits per heavy atom. The Morgan fingerprint density at radius 1 is 1.28 bits per heavy atom. The van der Waals surface area contributed by atoms with Crippen LogP contribution in [0.2, 0.25) is 0 Å². The standard InChI is InChI=1S/C14H17NO2S/c1-11-12(2)18(10-15-11)9-14(16)17-8-13-6-4-3-5-7-13/h3-7,10,15H,8-9H2,1-2H3. The van der Waals surface area contributed by atoms with Gasteiger partial charge in [0.1, 0.15) is 6.61 Å². The van der Waals surface area contributed by atoms with Gasteiger partial charge in [0.2, 0.25) is 0 Å². The molecule has 3 nitrogen and oxygen atoms in total. The van der Waals surface area contributed by atoms with Crippen LogP contribution in [0.4, 0.5) is 0 Å². The summed E-state index contributed by atoms with van der Waals surface area (Å²) < 4.78 is 5.27. The van der Waals surface area contributed by atoms with Crippen LogP contribution in [-0.2, 0) is 16.1 Å². The lowest BCUT2D eigenvalue weighted by molar-refractivity contribution is -0.141. The SMILES string of the molecule is CC1=C(C)S(CC(=O)OCc2ccccc2)=CN1. The zero-order valence-corrected chi connectivity index (χ0v) is 11.4. The third kappa shape index (κ3) is 3.23. The van der Waals surface area contributed by atoms with Crippen LogP contribution in [0, 0.1) is 0 Å². The quantitative estimate of drug-likeness (QED) is 0.670. The fraction of sp³-hybridized carbons (Fsp3) is 0.286. The highest BCUT2D eigenvalue weighted by molar-refractivity contribution is 8.19. The topological polar surface area (TPSA) is 38.3 Å². The van der Waals surface area contributed by atoms with E-state index in [1.54, 1.807) is 0 Å². The molecule has 1 aromatic rings. The molecule has 0 fully saturated rings. The molecule has 0 bridgehead atoms. The van der Waals surface area contributed by atoms with Gasteiger partial charge in [-0.3, -0.25) is 4.79 Å². The second-order valence-electron chi connectivity index (χ2n) is 4.16. The van der Waals surface area contributed by atoms with Crippen molar-refractivity contribution in [2.45, 2.75) is 20.5 Å². The maximum atomic E-state index is 11.7. The molecular weight excluding hydrogens is 246 g/mol. The molecule has 1 aliphatic rings. The van der Waals surface area contributed by atoms with E-state index in [0.717, 1.165) is 11.3 Å². The van der Waals surface area contributed by atoms with Gasteiger partial charge < -0.3 is 10.1 Å². The molecule has 96 valence electrons. The van der Waals surface area contributed by atoms with E-state index in [4.69, 9.17) is 4.74 Å². The summed E-state index contributed by atoms with van der Waals surface area (Å²) in [6.07, 6.45) is 0. The molecule has 1 aromatic carbocycles. The third-order valence-electron chi connectivity index (χ3n) is 2.86. The number of hydrogen-bond acceptors (Lipinski definition) is 3. The largest absolute Gasteiger partial charge is 0.460 e. The first-order chi connectivity index (χ1) is 8.66. The van der Waals surface area contributed by atoms with Crippen LogP contribution in [0.1, 0.15) is 19.4 Å². The van der Waals surface area contributed by atoms with Crippen LogP contribution in [-0.4, -0.2) is 17.2 Å². The average Bonchev–Trinajstić information content (AvgIpc) is 2.70. The Kier molecular flexibility index (Phi) is 4.20. The number of benzene rings is 1. The van der Waals surface area contributed by atoms with Gasteiger partial charge >= 0.3 is 5.97 Å². The molecule has 0 amide bonds. The molecule has 1 unspecified atom stereocenters. The van der Waals surface area contributed by atoms with Gasteiger partial charge in [-0.2, -0.15) is 0 Å². The maximum absolute atomic E-state index is 11.7. The van der Waals surface area contributed by atoms with Crippen molar-refractivity contribution >= 4 is 21.9 Å². The summed E-state index contributed by atoms with van der Waals surface area (Å²) in [5, 5.41) is 3.16. The first-order valence-electron chi connectivity index (χ1n) is 5.83. The van der Waals surface area contributed by atoms with E-state index >= 15 is 0 Å². The van der Waals surface area contributed by atoms with Crippen LogP contribution < -0.4 is 5.32 Å². The summed E-state index contributed by atoms with van der Waals surface area (Å²) in [6.45, 7) is 4.43. The highest BCUT2D eigenvalue weighted by atomic mass is 32.2. The molecule has 0 aromatic heterocycles. The fourth-order valence-electron chi connectivity index (χ4n) is 1.60. The van der Waals surface area contributed by atoms with Crippen molar-refractivity contribution in [1.82, 2.24) is 5.32 Å². The third-order valence-corrected chi connectivity index (χ3v) is 4.90. The van der Waals surface area contributed by atoms with Gasteiger partial charge in [-0.15, -0.1) is 10.5 Å². The first-order valence-corrected chi connectivity index (χ1v) is 7.29. The van der Waals surface area contributed by atoms with Gasteiger partial charge in [0.15, 0.2) is 0 Å². The normalized spacial score (nSPS) is 18.2. The lowest BCUT2D eigenvalue weighted by atomic mass is 10.2. The molecule has 18 heavy (non-hydrogen) atoms. The van der Waals surface area contributed by atoms with Crippen LogP contribution in [0.25, 0.3) is 0 Å². The number of rotatable bonds is 4. The molecule has 4 heteroatoms. The van der Waals surface area contributed by atoms with Crippen molar-refractivity contribution < 1.29 is 9.53 Å². The van der Waals surface area contributed by atoms with Crippen molar-refractivity contribution in [1.29, 1.82) is 0 Å².